The molecule has 0 saturated carbocycles. The van der Waals surface area contributed by atoms with Crippen LogP contribution >= 0.6 is 15.9 Å². The predicted octanol–water partition coefficient (Wildman–Crippen LogP) is 2.73. The van der Waals surface area contributed by atoms with E-state index in [9.17, 15) is 0 Å². The van der Waals surface area contributed by atoms with Crippen LogP contribution in [0.4, 0.5) is 0 Å². The third kappa shape index (κ3) is 4.11. The number of hydrogen-bond donors (Lipinski definition) is 0. The number of halogens is 1. The van der Waals surface area contributed by atoms with Gasteiger partial charge in [-0.15, -0.1) is 0 Å². The molecule has 0 aliphatic carbocycles. The first kappa shape index (κ1) is 15.6. The summed E-state index contributed by atoms with van der Waals surface area (Å²) in [5.74, 6) is 1.53. The molecule has 0 N–H and O–H groups in total. The SMILES string of the molecule is COc1cc(CCCN2CCOCC2)cc(Br)c1OC. The van der Waals surface area contributed by atoms with E-state index in [-0.39, 0.29) is 0 Å². The topological polar surface area (TPSA) is 30.9 Å². The number of nitrogens with zero attached hydrogens (tertiary/aromatic N) is 1. The second-order valence-corrected chi connectivity index (χ2v) is 5.73. The molecule has 0 bridgehead atoms. The first-order valence-corrected chi connectivity index (χ1v) is 7.74. The molecular formula is C15H22BrNO3. The van der Waals surface area contributed by atoms with Gasteiger partial charge in [-0.25, -0.2) is 0 Å². The minimum atomic E-state index is 0.754. The van der Waals surface area contributed by atoms with Crippen LogP contribution in [0.15, 0.2) is 16.6 Å². The predicted molar refractivity (Wildman–Crippen MR) is 82.8 cm³/mol. The molecule has 1 aromatic rings. The minimum Gasteiger partial charge on any atom is -0.493 e. The van der Waals surface area contributed by atoms with Crippen molar-refractivity contribution in [2.75, 3.05) is 47.1 Å². The highest BCUT2D eigenvalue weighted by molar-refractivity contribution is 9.10. The summed E-state index contributed by atoms with van der Waals surface area (Å²) in [6.07, 6.45) is 2.18. The number of aryl methyl sites for hydroxylation is 1. The highest BCUT2D eigenvalue weighted by Crippen LogP contribution is 2.36. The highest BCUT2D eigenvalue weighted by atomic mass is 79.9. The van der Waals surface area contributed by atoms with Gasteiger partial charge in [0.2, 0.25) is 0 Å². The summed E-state index contributed by atoms with van der Waals surface area (Å²) in [5, 5.41) is 0. The molecule has 0 atom stereocenters. The lowest BCUT2D eigenvalue weighted by Crippen LogP contribution is -2.36. The normalized spacial score (nSPS) is 16.1. The number of benzene rings is 1. The molecule has 4 nitrogen and oxygen atoms in total. The third-order valence-corrected chi connectivity index (χ3v) is 4.13. The summed E-state index contributed by atoms with van der Waals surface area (Å²) in [5.41, 5.74) is 1.27. The van der Waals surface area contributed by atoms with Crippen molar-refractivity contribution in [3.63, 3.8) is 0 Å². The van der Waals surface area contributed by atoms with Gasteiger partial charge >= 0.3 is 0 Å². The fraction of sp³-hybridized carbons (Fsp3) is 0.600. The van der Waals surface area contributed by atoms with E-state index < -0.39 is 0 Å². The third-order valence-electron chi connectivity index (χ3n) is 3.54. The summed E-state index contributed by atoms with van der Waals surface area (Å²) < 4.78 is 17.0. The lowest BCUT2D eigenvalue weighted by atomic mass is 10.1. The van der Waals surface area contributed by atoms with Crippen molar-refractivity contribution in [3.8, 4) is 11.5 Å². The van der Waals surface area contributed by atoms with Gasteiger partial charge in [0.25, 0.3) is 0 Å². The van der Waals surface area contributed by atoms with Crippen LogP contribution in [0.5, 0.6) is 11.5 Å². The Bertz CT molecular complexity index is 433. The molecule has 0 spiro atoms. The minimum absolute atomic E-state index is 0.754. The van der Waals surface area contributed by atoms with Crippen LogP contribution in [0.25, 0.3) is 0 Å². The summed E-state index contributed by atoms with van der Waals surface area (Å²) >= 11 is 3.54. The summed E-state index contributed by atoms with van der Waals surface area (Å²) in [6.45, 7) is 4.95. The summed E-state index contributed by atoms with van der Waals surface area (Å²) in [7, 11) is 3.32. The Morgan fingerprint density at radius 3 is 2.60 bits per heavy atom. The van der Waals surface area contributed by atoms with Crippen LogP contribution in [-0.4, -0.2) is 52.0 Å². The summed E-state index contributed by atoms with van der Waals surface area (Å²) in [4.78, 5) is 2.46. The molecule has 1 heterocycles. The molecule has 0 unspecified atom stereocenters. The van der Waals surface area contributed by atoms with Crippen molar-refractivity contribution in [3.05, 3.63) is 22.2 Å². The van der Waals surface area contributed by atoms with Crippen LogP contribution in [-0.2, 0) is 11.2 Å². The first-order chi connectivity index (χ1) is 9.74. The van der Waals surface area contributed by atoms with Gasteiger partial charge in [0, 0.05) is 13.1 Å². The van der Waals surface area contributed by atoms with Gasteiger partial charge in [0.05, 0.1) is 31.9 Å². The van der Waals surface area contributed by atoms with Crippen LogP contribution in [0, 0.1) is 0 Å². The Balaban J connectivity index is 1.90. The van der Waals surface area contributed by atoms with Crippen molar-refractivity contribution in [2.45, 2.75) is 12.8 Å². The quantitative estimate of drug-likeness (QED) is 0.794. The zero-order valence-corrected chi connectivity index (χ0v) is 13.7. The second kappa shape index (κ2) is 7.86. The second-order valence-electron chi connectivity index (χ2n) is 4.87. The van der Waals surface area contributed by atoms with Crippen molar-refractivity contribution in [2.24, 2.45) is 0 Å². The van der Waals surface area contributed by atoms with Crippen LogP contribution < -0.4 is 9.47 Å². The Morgan fingerprint density at radius 2 is 1.95 bits per heavy atom. The zero-order chi connectivity index (χ0) is 14.4. The van der Waals surface area contributed by atoms with Gasteiger partial charge in [0.15, 0.2) is 11.5 Å². The van der Waals surface area contributed by atoms with E-state index in [0.29, 0.717) is 0 Å². The molecule has 1 aliphatic rings. The molecule has 1 fully saturated rings. The molecule has 0 amide bonds. The number of rotatable bonds is 6. The van der Waals surface area contributed by atoms with Gasteiger partial charge < -0.3 is 14.2 Å². The van der Waals surface area contributed by atoms with E-state index in [1.807, 2.05) is 0 Å². The number of methoxy groups -OCH3 is 2. The van der Waals surface area contributed by atoms with Crippen molar-refractivity contribution < 1.29 is 14.2 Å². The lowest BCUT2D eigenvalue weighted by molar-refractivity contribution is 0.0374. The van der Waals surface area contributed by atoms with E-state index in [1.165, 1.54) is 5.56 Å². The average molecular weight is 344 g/mol. The van der Waals surface area contributed by atoms with Gasteiger partial charge in [-0.2, -0.15) is 0 Å². The van der Waals surface area contributed by atoms with E-state index >= 15 is 0 Å². The van der Waals surface area contributed by atoms with Gasteiger partial charge in [-0.3, -0.25) is 4.90 Å². The molecule has 1 saturated heterocycles. The molecule has 2 rings (SSSR count). The van der Waals surface area contributed by atoms with Gasteiger partial charge in [-0.1, -0.05) is 0 Å². The number of hydrogen-bond acceptors (Lipinski definition) is 4. The molecular weight excluding hydrogens is 322 g/mol. The fourth-order valence-corrected chi connectivity index (χ4v) is 3.10. The fourth-order valence-electron chi connectivity index (χ4n) is 2.45. The first-order valence-electron chi connectivity index (χ1n) is 6.95. The Labute approximate surface area is 129 Å². The maximum atomic E-state index is 5.37. The van der Waals surface area contributed by atoms with Crippen molar-refractivity contribution in [1.29, 1.82) is 0 Å². The smallest absolute Gasteiger partial charge is 0.174 e. The van der Waals surface area contributed by atoms with Crippen molar-refractivity contribution in [1.82, 2.24) is 4.90 Å². The van der Waals surface area contributed by atoms with Crippen LogP contribution in [0.3, 0.4) is 0 Å². The Hall–Kier alpha value is -0.780. The largest absolute Gasteiger partial charge is 0.493 e. The maximum Gasteiger partial charge on any atom is 0.174 e. The maximum absolute atomic E-state index is 5.37. The monoisotopic (exact) mass is 343 g/mol. The number of ether oxygens (including phenoxy) is 3. The van der Waals surface area contributed by atoms with Crippen LogP contribution in [0.1, 0.15) is 12.0 Å². The number of morpholine rings is 1. The Morgan fingerprint density at radius 1 is 1.20 bits per heavy atom. The highest BCUT2D eigenvalue weighted by Gasteiger charge is 2.12. The molecule has 0 radical (unpaired) electrons. The molecule has 112 valence electrons. The average Bonchev–Trinajstić information content (AvgIpc) is 2.47. The summed E-state index contributed by atoms with van der Waals surface area (Å²) in [6, 6.07) is 4.17. The lowest BCUT2D eigenvalue weighted by Gasteiger charge is -2.26. The van der Waals surface area contributed by atoms with Gasteiger partial charge in [-0.05, 0) is 53.0 Å². The van der Waals surface area contributed by atoms with Gasteiger partial charge in [0.1, 0.15) is 0 Å². The van der Waals surface area contributed by atoms with E-state index in [1.54, 1.807) is 14.2 Å². The molecule has 1 aliphatic heterocycles. The standard InChI is InChI=1S/C15H22BrNO3/c1-18-14-11-12(10-13(16)15(14)19-2)4-3-5-17-6-8-20-9-7-17/h10-11H,3-9H2,1-2H3. The zero-order valence-electron chi connectivity index (χ0n) is 12.2. The van der Waals surface area contributed by atoms with E-state index in [0.717, 1.165) is 61.7 Å². The molecule has 20 heavy (non-hydrogen) atoms. The van der Waals surface area contributed by atoms with Crippen molar-refractivity contribution >= 4 is 15.9 Å². The van der Waals surface area contributed by atoms with Crippen LogP contribution in [0.2, 0.25) is 0 Å². The molecule has 0 aromatic heterocycles. The van der Waals surface area contributed by atoms with E-state index in [4.69, 9.17) is 14.2 Å². The van der Waals surface area contributed by atoms with E-state index in [2.05, 4.69) is 33.0 Å². The molecule has 5 heteroatoms. The Kier molecular flexibility index (Phi) is 6.13. The molecule has 1 aromatic carbocycles.